The molecule has 2 fully saturated rings. The normalized spacial score (nSPS) is 19.0. The first-order valence-corrected chi connectivity index (χ1v) is 12.2. The lowest BCUT2D eigenvalue weighted by molar-refractivity contribution is 0.0214. The number of hydrogen-bond donors (Lipinski definition) is 0. The molecule has 188 valence electrons. The van der Waals surface area contributed by atoms with Crippen molar-refractivity contribution >= 4 is 23.5 Å². The van der Waals surface area contributed by atoms with Crippen molar-refractivity contribution in [3.05, 3.63) is 76.1 Å². The van der Waals surface area contributed by atoms with Gasteiger partial charge >= 0.3 is 6.09 Å². The molecular weight excluding hydrogens is 482 g/mol. The summed E-state index contributed by atoms with van der Waals surface area (Å²) in [7, 11) is 0. The number of likely N-dealkylation sites (tertiary alicyclic amines) is 1. The molecular formula is C26H28ClN5O4. The van der Waals surface area contributed by atoms with Gasteiger partial charge in [0.05, 0.1) is 34.7 Å². The number of fused-ring (bicyclic) bond motifs is 2. The second kappa shape index (κ2) is 9.46. The zero-order valence-corrected chi connectivity index (χ0v) is 21.2. The van der Waals surface area contributed by atoms with E-state index in [0.717, 1.165) is 12.2 Å². The zero-order chi connectivity index (χ0) is 25.4. The van der Waals surface area contributed by atoms with E-state index in [1.54, 1.807) is 36.8 Å². The molecule has 0 unspecified atom stereocenters. The summed E-state index contributed by atoms with van der Waals surface area (Å²) in [6.45, 7) is 7.20. The maximum atomic E-state index is 12.7. The standard InChI is InChI=1S/C26H28ClN5O4/c1-26(2,3)36-25(34)32-15-20-10-21(32)14-31(20)23-7-6-19(13-29-23)30-9-8-22(11-24(30)33)35-16-18-5-4-17(27)12-28-18/h4-9,11-13,20-21H,10,14-16H2,1-3H3/t20-,21-/m0/s1. The van der Waals surface area contributed by atoms with Crippen molar-refractivity contribution in [2.45, 2.75) is 51.5 Å². The van der Waals surface area contributed by atoms with Crippen LogP contribution in [0, 0.1) is 0 Å². The maximum absolute atomic E-state index is 12.7. The lowest BCUT2D eigenvalue weighted by atomic mass is 10.2. The van der Waals surface area contributed by atoms with Crippen molar-refractivity contribution < 1.29 is 14.3 Å². The fourth-order valence-electron chi connectivity index (χ4n) is 4.60. The Hall–Kier alpha value is -3.59. The van der Waals surface area contributed by atoms with E-state index in [9.17, 15) is 9.59 Å². The summed E-state index contributed by atoms with van der Waals surface area (Å²) in [5.74, 6) is 1.29. The number of hydrogen-bond acceptors (Lipinski definition) is 7. The minimum atomic E-state index is -0.508. The number of pyridine rings is 3. The predicted octanol–water partition coefficient (Wildman–Crippen LogP) is 4.06. The monoisotopic (exact) mass is 509 g/mol. The van der Waals surface area contributed by atoms with Gasteiger partial charge in [0.1, 0.15) is 23.8 Å². The Balaban J connectivity index is 1.21. The Labute approximate surface area is 214 Å². The molecule has 0 aromatic carbocycles. The molecule has 5 heterocycles. The van der Waals surface area contributed by atoms with Crippen LogP contribution in [0.15, 0.2) is 59.8 Å². The summed E-state index contributed by atoms with van der Waals surface area (Å²) in [4.78, 5) is 38.0. The minimum absolute atomic E-state index is 0.115. The van der Waals surface area contributed by atoms with Crippen molar-refractivity contribution in [1.29, 1.82) is 0 Å². The fourth-order valence-corrected chi connectivity index (χ4v) is 4.71. The number of carbonyl (C=O) groups is 1. The van der Waals surface area contributed by atoms with Gasteiger partial charge in [-0.2, -0.15) is 0 Å². The van der Waals surface area contributed by atoms with E-state index in [0.29, 0.717) is 35.2 Å². The van der Waals surface area contributed by atoms with Gasteiger partial charge in [-0.3, -0.25) is 14.3 Å². The van der Waals surface area contributed by atoms with E-state index in [-0.39, 0.29) is 30.3 Å². The van der Waals surface area contributed by atoms with Gasteiger partial charge in [-0.25, -0.2) is 9.78 Å². The van der Waals surface area contributed by atoms with Crippen LogP contribution in [0.1, 0.15) is 32.9 Å². The SMILES string of the molecule is CC(C)(C)OC(=O)N1C[C@@H]2C[C@H]1CN2c1ccc(-n2ccc(OCc3ccc(Cl)cn3)cc2=O)cn1. The molecule has 3 aromatic heterocycles. The molecule has 0 radical (unpaired) electrons. The zero-order valence-electron chi connectivity index (χ0n) is 20.4. The van der Waals surface area contributed by atoms with Crippen LogP contribution < -0.4 is 15.2 Å². The van der Waals surface area contributed by atoms with Crippen LogP contribution in [-0.2, 0) is 11.3 Å². The molecule has 0 aliphatic carbocycles. The van der Waals surface area contributed by atoms with E-state index in [1.165, 1.54) is 10.6 Å². The lowest BCUT2D eigenvalue weighted by Crippen LogP contribution is -2.50. The van der Waals surface area contributed by atoms with E-state index in [1.807, 2.05) is 37.8 Å². The first-order chi connectivity index (χ1) is 17.2. The van der Waals surface area contributed by atoms with Gasteiger partial charge in [0, 0.05) is 31.5 Å². The van der Waals surface area contributed by atoms with Crippen LogP contribution in [0.3, 0.4) is 0 Å². The number of amides is 1. The van der Waals surface area contributed by atoms with Crippen LogP contribution >= 0.6 is 11.6 Å². The number of ether oxygens (including phenoxy) is 2. The van der Waals surface area contributed by atoms with Gasteiger partial charge in [0.2, 0.25) is 0 Å². The van der Waals surface area contributed by atoms with Crippen LogP contribution in [0.5, 0.6) is 5.75 Å². The highest BCUT2D eigenvalue weighted by Crippen LogP contribution is 2.34. The molecule has 2 aliphatic rings. The van der Waals surface area contributed by atoms with Crippen LogP contribution in [0.4, 0.5) is 10.6 Å². The quantitative estimate of drug-likeness (QED) is 0.512. The van der Waals surface area contributed by atoms with Crippen LogP contribution in [0.2, 0.25) is 5.02 Å². The third-order valence-corrected chi connectivity index (χ3v) is 6.46. The number of nitrogens with zero attached hydrogens (tertiary/aromatic N) is 5. The first-order valence-electron chi connectivity index (χ1n) is 11.8. The Kier molecular flexibility index (Phi) is 6.34. The van der Waals surface area contributed by atoms with Gasteiger partial charge in [-0.15, -0.1) is 0 Å². The molecule has 1 amide bonds. The van der Waals surface area contributed by atoms with E-state index in [4.69, 9.17) is 21.1 Å². The molecule has 9 nitrogen and oxygen atoms in total. The molecule has 3 aromatic rings. The first kappa shape index (κ1) is 24.1. The average Bonchev–Trinajstić information content (AvgIpc) is 3.44. The van der Waals surface area contributed by atoms with Gasteiger partial charge < -0.3 is 19.3 Å². The molecule has 10 heteroatoms. The summed E-state index contributed by atoms with van der Waals surface area (Å²) in [5, 5.41) is 0.556. The summed E-state index contributed by atoms with van der Waals surface area (Å²) >= 11 is 5.85. The Morgan fingerprint density at radius 3 is 2.53 bits per heavy atom. The van der Waals surface area contributed by atoms with E-state index in [2.05, 4.69) is 14.9 Å². The van der Waals surface area contributed by atoms with Crippen molar-refractivity contribution in [2.75, 3.05) is 18.0 Å². The lowest BCUT2D eigenvalue weighted by Gasteiger charge is -2.35. The molecule has 0 N–H and O–H groups in total. The number of anilines is 1. The topological polar surface area (TPSA) is 89.8 Å². The van der Waals surface area contributed by atoms with Crippen molar-refractivity contribution in [2.24, 2.45) is 0 Å². The van der Waals surface area contributed by atoms with Crippen LogP contribution in [0.25, 0.3) is 5.69 Å². The smallest absolute Gasteiger partial charge is 0.410 e. The van der Waals surface area contributed by atoms with Crippen molar-refractivity contribution in [1.82, 2.24) is 19.4 Å². The number of piperazine rings is 1. The van der Waals surface area contributed by atoms with Gasteiger partial charge in [0.15, 0.2) is 0 Å². The average molecular weight is 510 g/mol. The third-order valence-electron chi connectivity index (χ3n) is 6.24. The van der Waals surface area contributed by atoms with Crippen molar-refractivity contribution in [3.63, 3.8) is 0 Å². The van der Waals surface area contributed by atoms with E-state index < -0.39 is 5.60 Å². The minimum Gasteiger partial charge on any atom is -0.487 e. The van der Waals surface area contributed by atoms with Gasteiger partial charge in [0.25, 0.3) is 5.56 Å². The number of carbonyl (C=O) groups excluding carboxylic acids is 1. The van der Waals surface area contributed by atoms with E-state index >= 15 is 0 Å². The number of aromatic nitrogens is 3. The summed E-state index contributed by atoms with van der Waals surface area (Å²) in [6.07, 6.45) is 5.55. The largest absolute Gasteiger partial charge is 0.487 e. The summed E-state index contributed by atoms with van der Waals surface area (Å²) in [5.41, 5.74) is 0.647. The number of rotatable bonds is 5. The highest BCUT2D eigenvalue weighted by molar-refractivity contribution is 6.30. The molecule has 36 heavy (non-hydrogen) atoms. The number of halogens is 1. The van der Waals surface area contributed by atoms with Gasteiger partial charge in [-0.05, 0) is 57.5 Å². The third kappa shape index (κ3) is 5.16. The van der Waals surface area contributed by atoms with Crippen molar-refractivity contribution in [3.8, 4) is 11.4 Å². The predicted molar refractivity (Wildman–Crippen MR) is 136 cm³/mol. The molecule has 5 rings (SSSR count). The fraction of sp³-hybridized carbons (Fsp3) is 0.385. The Morgan fingerprint density at radius 2 is 1.92 bits per heavy atom. The molecule has 2 saturated heterocycles. The van der Waals surface area contributed by atoms with Gasteiger partial charge in [-0.1, -0.05) is 11.6 Å². The second-order valence-corrected chi connectivity index (χ2v) is 10.5. The molecule has 2 bridgehead atoms. The summed E-state index contributed by atoms with van der Waals surface area (Å²) in [6, 6.07) is 10.8. The molecule has 2 aliphatic heterocycles. The Bertz CT molecular complexity index is 1300. The molecule has 0 spiro atoms. The summed E-state index contributed by atoms with van der Waals surface area (Å²) < 4.78 is 12.8. The Morgan fingerprint density at radius 1 is 1.08 bits per heavy atom. The van der Waals surface area contributed by atoms with Crippen LogP contribution in [-0.4, -0.2) is 56.3 Å². The molecule has 2 atom stereocenters. The maximum Gasteiger partial charge on any atom is 0.410 e. The second-order valence-electron chi connectivity index (χ2n) is 10.0. The molecule has 0 saturated carbocycles. The highest BCUT2D eigenvalue weighted by atomic mass is 35.5. The highest BCUT2D eigenvalue weighted by Gasteiger charge is 2.46.